The number of anilines is 5. The summed E-state index contributed by atoms with van der Waals surface area (Å²) in [6.07, 6.45) is 0. The van der Waals surface area contributed by atoms with E-state index in [4.69, 9.17) is 14.2 Å². The van der Waals surface area contributed by atoms with E-state index in [1.165, 1.54) is 27.4 Å². The molecule has 3 aromatic carbocycles. The zero-order valence-corrected chi connectivity index (χ0v) is 21.2. The van der Waals surface area contributed by atoms with Crippen LogP contribution in [-0.4, -0.2) is 52.2 Å². The topological polar surface area (TPSA) is 132 Å². The second-order valence-electron chi connectivity index (χ2n) is 7.69. The lowest BCUT2D eigenvalue weighted by Crippen LogP contribution is -2.20. The number of benzene rings is 3. The Morgan fingerprint density at radius 3 is 2.16 bits per heavy atom. The number of amides is 1. The Kier molecular flexibility index (Phi) is 8.01. The first-order valence-corrected chi connectivity index (χ1v) is 12.1. The largest absolute Gasteiger partial charge is 0.497 e. The van der Waals surface area contributed by atoms with Crippen molar-refractivity contribution >= 4 is 56.5 Å². The van der Waals surface area contributed by atoms with Gasteiger partial charge in [0, 0.05) is 36.7 Å². The lowest BCUT2D eigenvalue weighted by atomic mass is 10.2. The second kappa shape index (κ2) is 11.5. The number of nitrogens with one attached hydrogen (secondary N) is 2. The first-order chi connectivity index (χ1) is 17.9. The molecule has 0 saturated carbocycles. The SMILES string of the molecule is COCC(=O)Nc1cccc(N(c2nc3ccccc3nc2Nc2cc(OC)cc(OC)c2)[SH](=O)=O)c1. The molecule has 0 unspecified atom stereocenters. The summed E-state index contributed by atoms with van der Waals surface area (Å²) in [6.45, 7) is -0.141. The van der Waals surface area contributed by atoms with E-state index < -0.39 is 10.9 Å². The van der Waals surface area contributed by atoms with Crippen LogP contribution in [-0.2, 0) is 20.4 Å². The van der Waals surface area contributed by atoms with Gasteiger partial charge in [-0.3, -0.25) is 4.79 Å². The molecule has 1 aromatic heterocycles. The molecule has 0 aliphatic heterocycles. The minimum Gasteiger partial charge on any atom is -0.497 e. The van der Waals surface area contributed by atoms with Crippen molar-refractivity contribution in [3.05, 3.63) is 66.7 Å². The van der Waals surface area contributed by atoms with E-state index in [9.17, 15) is 13.2 Å². The summed E-state index contributed by atoms with van der Waals surface area (Å²) in [4.78, 5) is 21.3. The van der Waals surface area contributed by atoms with Crippen molar-refractivity contribution in [1.82, 2.24) is 9.97 Å². The standard InChI is InChI=1S/C25H25N5O6S/c1-34-15-23(31)26-16-7-6-8-18(11-16)30(37(32)33)25-24(28-21-9-4-5-10-22(21)29-25)27-17-12-19(35-2)14-20(13-17)36-3/h4-14,37H,15H2,1-3H3,(H,26,31)(H,27,28). The first kappa shape index (κ1) is 25.7. The number of ether oxygens (including phenoxy) is 3. The van der Waals surface area contributed by atoms with E-state index >= 15 is 0 Å². The number of aromatic nitrogens is 2. The zero-order chi connectivity index (χ0) is 26.4. The van der Waals surface area contributed by atoms with Gasteiger partial charge >= 0.3 is 0 Å². The fourth-order valence-electron chi connectivity index (χ4n) is 3.58. The van der Waals surface area contributed by atoms with Gasteiger partial charge in [-0.1, -0.05) is 18.2 Å². The third kappa shape index (κ3) is 6.05. The fraction of sp³-hybridized carbons (Fsp3) is 0.160. The van der Waals surface area contributed by atoms with Gasteiger partial charge in [0.1, 0.15) is 18.1 Å². The molecule has 0 fully saturated rings. The molecule has 4 rings (SSSR count). The third-order valence-electron chi connectivity index (χ3n) is 5.18. The Bertz CT molecular complexity index is 1480. The zero-order valence-electron chi connectivity index (χ0n) is 20.3. The van der Waals surface area contributed by atoms with Crippen LogP contribution in [0.15, 0.2) is 66.7 Å². The molecule has 0 bridgehead atoms. The van der Waals surface area contributed by atoms with Gasteiger partial charge in [0.15, 0.2) is 11.6 Å². The average Bonchev–Trinajstić information content (AvgIpc) is 2.89. The molecule has 0 aliphatic carbocycles. The molecule has 37 heavy (non-hydrogen) atoms. The Hall–Kier alpha value is -4.42. The van der Waals surface area contributed by atoms with Crippen molar-refractivity contribution in [2.24, 2.45) is 0 Å². The predicted molar refractivity (Wildman–Crippen MR) is 142 cm³/mol. The van der Waals surface area contributed by atoms with Crippen LogP contribution in [0, 0.1) is 0 Å². The summed E-state index contributed by atoms with van der Waals surface area (Å²) in [5, 5.41) is 5.82. The maximum atomic E-state index is 12.6. The molecule has 11 nitrogen and oxygen atoms in total. The average molecular weight is 524 g/mol. The second-order valence-corrected chi connectivity index (χ2v) is 8.57. The number of carbonyl (C=O) groups is 1. The quantitative estimate of drug-likeness (QED) is 0.267. The van der Waals surface area contributed by atoms with Gasteiger partial charge < -0.3 is 24.8 Å². The van der Waals surface area contributed by atoms with Crippen molar-refractivity contribution in [2.75, 3.05) is 42.9 Å². The summed E-state index contributed by atoms with van der Waals surface area (Å²) in [5.74, 6) is 0.906. The number of rotatable bonds is 10. The maximum absolute atomic E-state index is 12.6. The molecule has 2 N–H and O–H groups in total. The van der Waals surface area contributed by atoms with E-state index in [0.717, 1.165) is 4.31 Å². The molecule has 1 amide bonds. The molecule has 192 valence electrons. The van der Waals surface area contributed by atoms with Gasteiger partial charge in [0.2, 0.25) is 16.8 Å². The van der Waals surface area contributed by atoms with Crippen molar-refractivity contribution in [3.8, 4) is 11.5 Å². The van der Waals surface area contributed by atoms with Crippen LogP contribution in [0.5, 0.6) is 11.5 Å². The molecule has 12 heteroatoms. The van der Waals surface area contributed by atoms with Crippen molar-refractivity contribution in [1.29, 1.82) is 0 Å². The molecular formula is C25H25N5O6S. The number of methoxy groups -OCH3 is 3. The number of nitrogens with zero attached hydrogens (tertiary/aromatic N) is 3. The van der Waals surface area contributed by atoms with Gasteiger partial charge in [-0.05, 0) is 30.3 Å². The Morgan fingerprint density at radius 1 is 0.865 bits per heavy atom. The summed E-state index contributed by atoms with van der Waals surface area (Å²) < 4.78 is 41.8. The van der Waals surface area contributed by atoms with Gasteiger partial charge in [-0.2, -0.15) is 0 Å². The number of hydrogen-bond acceptors (Lipinski definition) is 9. The summed E-state index contributed by atoms with van der Waals surface area (Å²) in [6, 6.07) is 18.6. The summed E-state index contributed by atoms with van der Waals surface area (Å²) in [5.41, 5.74) is 2.25. The number of para-hydroxylation sites is 2. The lowest BCUT2D eigenvalue weighted by molar-refractivity contribution is -0.119. The number of carbonyl (C=O) groups excluding carboxylic acids is 1. The van der Waals surface area contributed by atoms with Crippen molar-refractivity contribution < 1.29 is 27.4 Å². The van der Waals surface area contributed by atoms with E-state index in [2.05, 4.69) is 20.6 Å². The number of hydrogen-bond donors (Lipinski definition) is 3. The fourth-order valence-corrected chi connectivity index (χ4v) is 4.18. The minimum absolute atomic E-state index is 0.0389. The van der Waals surface area contributed by atoms with Crippen LogP contribution >= 0.6 is 0 Å². The van der Waals surface area contributed by atoms with Crippen LogP contribution in [0.3, 0.4) is 0 Å². The Labute approximate surface area is 215 Å². The Morgan fingerprint density at radius 2 is 1.54 bits per heavy atom. The van der Waals surface area contributed by atoms with E-state index in [1.54, 1.807) is 54.6 Å². The number of fused-ring (bicyclic) bond motifs is 1. The van der Waals surface area contributed by atoms with E-state index in [0.29, 0.717) is 33.9 Å². The highest BCUT2D eigenvalue weighted by molar-refractivity contribution is 7.74. The van der Waals surface area contributed by atoms with Gasteiger partial charge in [-0.15, -0.1) is 0 Å². The summed E-state index contributed by atoms with van der Waals surface area (Å²) in [7, 11) is 1.25. The number of thiol groups is 1. The van der Waals surface area contributed by atoms with Crippen molar-refractivity contribution in [3.63, 3.8) is 0 Å². The minimum atomic E-state index is -3.22. The predicted octanol–water partition coefficient (Wildman–Crippen LogP) is 3.64. The highest BCUT2D eigenvalue weighted by Gasteiger charge is 2.21. The monoisotopic (exact) mass is 523 g/mol. The van der Waals surface area contributed by atoms with Crippen LogP contribution in [0.25, 0.3) is 11.0 Å². The smallest absolute Gasteiger partial charge is 0.250 e. The highest BCUT2D eigenvalue weighted by atomic mass is 32.2. The van der Waals surface area contributed by atoms with Gasteiger partial charge in [0.25, 0.3) is 0 Å². The molecule has 1 heterocycles. The Balaban J connectivity index is 1.84. The maximum Gasteiger partial charge on any atom is 0.250 e. The molecular weight excluding hydrogens is 498 g/mol. The molecule has 0 radical (unpaired) electrons. The van der Waals surface area contributed by atoms with Gasteiger partial charge in [-0.25, -0.2) is 22.7 Å². The summed E-state index contributed by atoms with van der Waals surface area (Å²) >= 11 is 0. The van der Waals surface area contributed by atoms with Crippen LogP contribution in [0.2, 0.25) is 0 Å². The van der Waals surface area contributed by atoms with Crippen LogP contribution in [0.4, 0.5) is 28.7 Å². The van der Waals surface area contributed by atoms with Crippen LogP contribution in [0.1, 0.15) is 0 Å². The first-order valence-electron chi connectivity index (χ1n) is 11.0. The highest BCUT2D eigenvalue weighted by Crippen LogP contribution is 2.35. The molecule has 0 spiro atoms. The van der Waals surface area contributed by atoms with Crippen molar-refractivity contribution in [2.45, 2.75) is 0 Å². The van der Waals surface area contributed by atoms with E-state index in [-0.39, 0.29) is 29.8 Å². The van der Waals surface area contributed by atoms with Gasteiger partial charge in [0.05, 0.1) is 30.9 Å². The normalized spacial score (nSPS) is 10.8. The lowest BCUT2D eigenvalue weighted by Gasteiger charge is -2.21. The molecule has 0 saturated heterocycles. The van der Waals surface area contributed by atoms with E-state index in [1.807, 2.05) is 6.07 Å². The molecule has 4 aromatic rings. The molecule has 0 aliphatic rings. The molecule has 0 atom stereocenters. The third-order valence-corrected chi connectivity index (χ3v) is 5.93. The van der Waals surface area contributed by atoms with Crippen LogP contribution < -0.4 is 24.4 Å².